The minimum absolute atomic E-state index is 0.259. The average Bonchev–Trinajstić information content (AvgIpc) is 3.75. The maximum Gasteiger partial charge on any atom is 0.0734 e. The summed E-state index contributed by atoms with van der Waals surface area (Å²) in [6.07, 6.45) is 4.72. The molecule has 0 aromatic heterocycles. The molecule has 0 heterocycles. The first-order valence-corrected chi connectivity index (χ1v) is 17.1. The number of rotatable bonds is 4. The van der Waals surface area contributed by atoms with Crippen LogP contribution in [0.15, 0.2) is 169 Å². The third-order valence-electron chi connectivity index (χ3n) is 11.2. The monoisotopic (exact) mass is 609 g/mol. The van der Waals surface area contributed by atoms with E-state index >= 15 is 0 Å². The molecule has 1 heteroatoms. The summed E-state index contributed by atoms with van der Waals surface area (Å²) in [4.78, 5) is 2.44. The predicted octanol–water partition coefficient (Wildman–Crippen LogP) is 12.2. The Morgan fingerprint density at radius 3 is 2.12 bits per heavy atom. The molecule has 48 heavy (non-hydrogen) atoms. The zero-order valence-corrected chi connectivity index (χ0v) is 26.4. The molecule has 0 fully saturated rings. The molecule has 0 radical (unpaired) electrons. The highest BCUT2D eigenvalue weighted by atomic mass is 15.1. The molecule has 7 aromatic rings. The van der Waals surface area contributed by atoms with E-state index in [0.29, 0.717) is 0 Å². The standard InChI is InChI=1S/C47H31N/c1-2-14-34(15-3-1)48(35-16-8-13-32(28-35)33-24-23-30-11-4-5-12-31(30)27-33)36-25-26-38-40-19-10-21-42-41-20-9-18-39-37-17-6-7-22-43(37)47(45(39)41,46(40)42)44(38)29-36/h1-9,11-20,22-29H,10,21H2. The van der Waals surface area contributed by atoms with E-state index in [1.165, 1.54) is 77.7 Å². The average molecular weight is 610 g/mol. The van der Waals surface area contributed by atoms with Gasteiger partial charge in [0.25, 0.3) is 0 Å². The van der Waals surface area contributed by atoms with Crippen LogP contribution >= 0.6 is 0 Å². The van der Waals surface area contributed by atoms with E-state index < -0.39 is 0 Å². The van der Waals surface area contributed by atoms with Gasteiger partial charge in [0, 0.05) is 17.1 Å². The van der Waals surface area contributed by atoms with Crippen molar-refractivity contribution >= 4 is 39.0 Å². The Bertz CT molecular complexity index is 2570. The zero-order chi connectivity index (χ0) is 31.4. The fourth-order valence-corrected chi connectivity index (χ4v) is 9.41. The maximum absolute atomic E-state index is 2.52. The van der Waals surface area contributed by atoms with E-state index in [-0.39, 0.29) is 5.41 Å². The van der Waals surface area contributed by atoms with Gasteiger partial charge in [0.15, 0.2) is 0 Å². The summed E-state index contributed by atoms with van der Waals surface area (Å²) < 4.78 is 0. The number of para-hydroxylation sites is 1. The molecule has 4 aliphatic carbocycles. The first-order valence-electron chi connectivity index (χ1n) is 17.1. The van der Waals surface area contributed by atoms with Gasteiger partial charge in [-0.2, -0.15) is 0 Å². The zero-order valence-electron chi connectivity index (χ0n) is 26.4. The van der Waals surface area contributed by atoms with E-state index in [4.69, 9.17) is 0 Å². The summed E-state index contributed by atoms with van der Waals surface area (Å²) in [6.45, 7) is 0. The Kier molecular flexibility index (Phi) is 5.21. The van der Waals surface area contributed by atoms with E-state index in [1.54, 1.807) is 5.57 Å². The lowest BCUT2D eigenvalue weighted by Crippen LogP contribution is -2.24. The predicted molar refractivity (Wildman–Crippen MR) is 200 cm³/mol. The molecule has 0 saturated carbocycles. The molecule has 0 bridgehead atoms. The molecule has 0 saturated heterocycles. The minimum Gasteiger partial charge on any atom is -0.310 e. The summed E-state index contributed by atoms with van der Waals surface area (Å²) in [5, 5.41) is 2.52. The molecule has 1 unspecified atom stereocenters. The van der Waals surface area contributed by atoms with Gasteiger partial charge in [0.1, 0.15) is 0 Å². The van der Waals surface area contributed by atoms with Gasteiger partial charge in [-0.1, -0.05) is 121 Å². The highest BCUT2D eigenvalue weighted by Gasteiger charge is 2.59. The summed E-state index contributed by atoms with van der Waals surface area (Å²) in [6, 6.07) is 58.7. The van der Waals surface area contributed by atoms with Crippen LogP contribution in [-0.4, -0.2) is 0 Å². The summed E-state index contributed by atoms with van der Waals surface area (Å²) in [7, 11) is 0. The van der Waals surface area contributed by atoms with Gasteiger partial charge in [-0.3, -0.25) is 0 Å². The first kappa shape index (κ1) is 26.2. The molecule has 11 rings (SSSR count). The lowest BCUT2D eigenvalue weighted by Gasteiger charge is -2.30. The molecule has 1 nitrogen and oxygen atoms in total. The van der Waals surface area contributed by atoms with Crippen molar-refractivity contribution in [1.29, 1.82) is 0 Å². The van der Waals surface area contributed by atoms with E-state index in [1.807, 2.05) is 0 Å². The fourth-order valence-electron chi connectivity index (χ4n) is 9.41. The molecular formula is C47H31N. The van der Waals surface area contributed by atoms with Crippen LogP contribution in [0.2, 0.25) is 0 Å². The third-order valence-corrected chi connectivity index (χ3v) is 11.2. The van der Waals surface area contributed by atoms with Crippen LogP contribution in [-0.2, 0) is 5.41 Å². The quantitative estimate of drug-likeness (QED) is 0.192. The highest BCUT2D eigenvalue weighted by molar-refractivity contribution is 6.11. The maximum atomic E-state index is 2.52. The van der Waals surface area contributed by atoms with Gasteiger partial charge in [-0.15, -0.1) is 0 Å². The van der Waals surface area contributed by atoms with Crippen molar-refractivity contribution in [2.24, 2.45) is 0 Å². The largest absolute Gasteiger partial charge is 0.310 e. The lowest BCUT2D eigenvalue weighted by molar-refractivity contribution is 0.809. The molecular weight excluding hydrogens is 579 g/mol. The van der Waals surface area contributed by atoms with Crippen LogP contribution in [0.3, 0.4) is 0 Å². The topological polar surface area (TPSA) is 3.24 Å². The van der Waals surface area contributed by atoms with Crippen molar-refractivity contribution in [3.63, 3.8) is 0 Å². The van der Waals surface area contributed by atoms with Crippen molar-refractivity contribution in [1.82, 2.24) is 0 Å². The third kappa shape index (κ3) is 3.31. The van der Waals surface area contributed by atoms with Crippen LogP contribution in [0.25, 0.3) is 44.2 Å². The summed E-state index contributed by atoms with van der Waals surface area (Å²) in [5.41, 5.74) is 20.2. The Labute approximate surface area is 280 Å². The SMILES string of the molecule is C1=C2C3=C(CC1)c1cccc4c1C3(c1cc(N(c3ccccc3)c3cccc(-c5ccc6ccccc6c5)c3)ccc12)c1ccccc1-4. The second-order valence-electron chi connectivity index (χ2n) is 13.5. The summed E-state index contributed by atoms with van der Waals surface area (Å²) in [5.74, 6) is 0. The Morgan fingerprint density at radius 2 is 1.19 bits per heavy atom. The molecule has 1 spiro atoms. The van der Waals surface area contributed by atoms with Crippen LogP contribution in [0.1, 0.15) is 40.7 Å². The van der Waals surface area contributed by atoms with Gasteiger partial charge in [0.2, 0.25) is 0 Å². The van der Waals surface area contributed by atoms with Gasteiger partial charge in [0.05, 0.1) is 5.41 Å². The molecule has 0 N–H and O–H groups in total. The normalized spacial score (nSPS) is 17.5. The number of hydrogen-bond acceptors (Lipinski definition) is 1. The Hall–Kier alpha value is -5.92. The number of allylic oxidation sites excluding steroid dienone is 4. The number of benzene rings is 7. The van der Waals surface area contributed by atoms with Crippen molar-refractivity contribution in [2.75, 3.05) is 4.90 Å². The fraction of sp³-hybridized carbons (Fsp3) is 0.0638. The van der Waals surface area contributed by atoms with Crippen LogP contribution in [0.4, 0.5) is 17.1 Å². The van der Waals surface area contributed by atoms with Gasteiger partial charge in [-0.05, 0) is 133 Å². The summed E-state index contributed by atoms with van der Waals surface area (Å²) >= 11 is 0. The van der Waals surface area contributed by atoms with Gasteiger partial charge in [-0.25, -0.2) is 0 Å². The molecule has 4 aliphatic rings. The van der Waals surface area contributed by atoms with Gasteiger partial charge < -0.3 is 4.90 Å². The molecule has 224 valence electrons. The number of hydrogen-bond donors (Lipinski definition) is 0. The lowest BCUT2D eigenvalue weighted by atomic mass is 9.72. The Balaban J connectivity index is 1.14. The van der Waals surface area contributed by atoms with E-state index in [9.17, 15) is 0 Å². The molecule has 7 aromatic carbocycles. The van der Waals surface area contributed by atoms with Crippen molar-refractivity contribution < 1.29 is 0 Å². The van der Waals surface area contributed by atoms with Crippen molar-refractivity contribution in [3.05, 3.63) is 197 Å². The molecule has 0 aliphatic heterocycles. The second kappa shape index (κ2) is 9.56. The van der Waals surface area contributed by atoms with Crippen LogP contribution in [0.5, 0.6) is 0 Å². The van der Waals surface area contributed by atoms with E-state index in [0.717, 1.165) is 24.2 Å². The second-order valence-corrected chi connectivity index (χ2v) is 13.5. The molecule has 0 amide bonds. The van der Waals surface area contributed by atoms with Crippen LogP contribution in [0, 0.1) is 0 Å². The van der Waals surface area contributed by atoms with Crippen LogP contribution < -0.4 is 4.90 Å². The molecule has 1 atom stereocenters. The Morgan fingerprint density at radius 1 is 0.458 bits per heavy atom. The first-order chi connectivity index (χ1) is 23.8. The minimum atomic E-state index is -0.259. The number of nitrogens with zero attached hydrogens (tertiary/aromatic N) is 1. The highest BCUT2D eigenvalue weighted by Crippen LogP contribution is 2.71. The van der Waals surface area contributed by atoms with Gasteiger partial charge >= 0.3 is 0 Å². The smallest absolute Gasteiger partial charge is 0.0734 e. The number of fused-ring (bicyclic) bond motifs is 6. The number of anilines is 3. The van der Waals surface area contributed by atoms with E-state index in [2.05, 4.69) is 169 Å². The van der Waals surface area contributed by atoms with Crippen molar-refractivity contribution in [3.8, 4) is 22.3 Å². The van der Waals surface area contributed by atoms with Crippen molar-refractivity contribution in [2.45, 2.75) is 18.3 Å².